The summed E-state index contributed by atoms with van der Waals surface area (Å²) in [7, 11) is 2.07. The Morgan fingerprint density at radius 2 is 1.77 bits per heavy atom. The molecular formula is C18H21BrN2O. The summed E-state index contributed by atoms with van der Waals surface area (Å²) in [4.78, 5) is 14.1. The first-order valence-corrected chi connectivity index (χ1v) is 8.22. The Morgan fingerprint density at radius 1 is 1.09 bits per heavy atom. The van der Waals surface area contributed by atoms with Crippen LogP contribution in [0, 0.1) is 0 Å². The third kappa shape index (κ3) is 5.53. The molecule has 0 heterocycles. The molecule has 0 radical (unpaired) electrons. The summed E-state index contributed by atoms with van der Waals surface area (Å²) < 4.78 is 1.03. The number of hydrogen-bond acceptors (Lipinski definition) is 2. The second-order valence-corrected chi connectivity index (χ2v) is 6.18. The van der Waals surface area contributed by atoms with Gasteiger partial charge in [-0.25, -0.2) is 0 Å². The number of para-hydroxylation sites is 1. The number of amides is 1. The van der Waals surface area contributed by atoms with Crippen LogP contribution in [-0.4, -0.2) is 26.0 Å². The zero-order valence-corrected chi connectivity index (χ0v) is 14.3. The first-order valence-electron chi connectivity index (χ1n) is 7.42. The minimum Gasteiger partial charge on any atom is -0.375 e. The fourth-order valence-corrected chi connectivity index (χ4v) is 2.47. The van der Waals surface area contributed by atoms with Crippen LogP contribution >= 0.6 is 15.9 Å². The summed E-state index contributed by atoms with van der Waals surface area (Å²) in [5.41, 5.74) is 2.23. The molecule has 2 rings (SSSR count). The highest BCUT2D eigenvalue weighted by Crippen LogP contribution is 2.11. The maximum atomic E-state index is 11.9. The molecule has 0 aromatic heterocycles. The molecule has 0 saturated heterocycles. The maximum Gasteiger partial charge on any atom is 0.224 e. The van der Waals surface area contributed by atoms with E-state index >= 15 is 0 Å². The first kappa shape index (κ1) is 16.6. The third-order valence-electron chi connectivity index (χ3n) is 3.47. The lowest BCUT2D eigenvalue weighted by molar-refractivity contribution is -0.120. The Hall–Kier alpha value is -1.81. The number of nitrogens with one attached hydrogen (secondary N) is 1. The summed E-state index contributed by atoms with van der Waals surface area (Å²) >= 11 is 3.39. The summed E-state index contributed by atoms with van der Waals surface area (Å²) in [5, 5.41) is 2.98. The average Bonchev–Trinajstić information content (AvgIpc) is 2.54. The molecule has 3 nitrogen and oxygen atoms in total. The summed E-state index contributed by atoms with van der Waals surface area (Å²) in [5.74, 6) is 0.0738. The van der Waals surface area contributed by atoms with Gasteiger partial charge >= 0.3 is 0 Å². The van der Waals surface area contributed by atoms with Crippen LogP contribution in [-0.2, 0) is 11.2 Å². The molecule has 0 unspecified atom stereocenters. The van der Waals surface area contributed by atoms with Gasteiger partial charge in [-0.2, -0.15) is 0 Å². The molecule has 0 aliphatic rings. The van der Waals surface area contributed by atoms with Gasteiger partial charge in [-0.1, -0.05) is 46.3 Å². The average molecular weight is 361 g/mol. The van der Waals surface area contributed by atoms with Crippen molar-refractivity contribution < 1.29 is 4.79 Å². The fraction of sp³-hybridized carbons (Fsp3) is 0.278. The lowest BCUT2D eigenvalue weighted by Gasteiger charge is -2.19. The number of hydrogen-bond donors (Lipinski definition) is 1. The second-order valence-electron chi connectivity index (χ2n) is 5.26. The number of halogens is 1. The predicted molar refractivity (Wildman–Crippen MR) is 95.2 cm³/mol. The van der Waals surface area contributed by atoms with Gasteiger partial charge in [-0.15, -0.1) is 0 Å². The molecule has 0 aliphatic heterocycles. The largest absolute Gasteiger partial charge is 0.375 e. The molecule has 0 atom stereocenters. The number of carbonyl (C=O) groups is 1. The van der Waals surface area contributed by atoms with E-state index in [4.69, 9.17) is 0 Å². The standard InChI is InChI=1S/C18H21BrN2O/c1-21(17-6-3-2-4-7-17)13-5-12-20-18(22)14-15-8-10-16(19)11-9-15/h2-4,6-11H,5,12-14H2,1H3,(H,20,22). The topological polar surface area (TPSA) is 32.3 Å². The van der Waals surface area contributed by atoms with Gasteiger partial charge in [0.15, 0.2) is 0 Å². The van der Waals surface area contributed by atoms with Crippen LogP contribution in [0.3, 0.4) is 0 Å². The Morgan fingerprint density at radius 3 is 2.45 bits per heavy atom. The van der Waals surface area contributed by atoms with Crippen LogP contribution in [0.15, 0.2) is 59.1 Å². The lowest BCUT2D eigenvalue weighted by Crippen LogP contribution is -2.29. The molecule has 22 heavy (non-hydrogen) atoms. The van der Waals surface area contributed by atoms with Crippen LogP contribution in [0.1, 0.15) is 12.0 Å². The molecule has 1 amide bonds. The van der Waals surface area contributed by atoms with Crippen molar-refractivity contribution in [3.05, 3.63) is 64.6 Å². The lowest BCUT2D eigenvalue weighted by atomic mass is 10.1. The Kier molecular flexibility index (Phi) is 6.46. The van der Waals surface area contributed by atoms with Crippen molar-refractivity contribution in [3.8, 4) is 0 Å². The van der Waals surface area contributed by atoms with Gasteiger partial charge in [0, 0.05) is 30.3 Å². The minimum absolute atomic E-state index is 0.0738. The summed E-state index contributed by atoms with van der Waals surface area (Å²) in [6.45, 7) is 1.62. The number of rotatable bonds is 7. The van der Waals surface area contributed by atoms with E-state index < -0.39 is 0 Å². The highest BCUT2D eigenvalue weighted by molar-refractivity contribution is 9.10. The van der Waals surface area contributed by atoms with Crippen LogP contribution in [0.5, 0.6) is 0 Å². The quantitative estimate of drug-likeness (QED) is 0.764. The van der Waals surface area contributed by atoms with Crippen LogP contribution in [0.25, 0.3) is 0 Å². The highest BCUT2D eigenvalue weighted by Gasteiger charge is 2.04. The monoisotopic (exact) mass is 360 g/mol. The molecule has 2 aromatic rings. The van der Waals surface area contributed by atoms with E-state index in [1.54, 1.807) is 0 Å². The van der Waals surface area contributed by atoms with Crippen LogP contribution in [0.4, 0.5) is 5.69 Å². The van der Waals surface area contributed by atoms with Gasteiger partial charge in [-0.05, 0) is 36.2 Å². The normalized spacial score (nSPS) is 10.3. The van der Waals surface area contributed by atoms with E-state index in [-0.39, 0.29) is 5.91 Å². The van der Waals surface area contributed by atoms with Gasteiger partial charge in [0.1, 0.15) is 0 Å². The van der Waals surface area contributed by atoms with E-state index in [1.807, 2.05) is 42.5 Å². The molecule has 1 N–H and O–H groups in total. The van der Waals surface area contributed by atoms with Gasteiger partial charge < -0.3 is 10.2 Å². The first-order chi connectivity index (χ1) is 10.6. The maximum absolute atomic E-state index is 11.9. The molecule has 116 valence electrons. The van der Waals surface area contributed by atoms with Crippen molar-refractivity contribution in [2.45, 2.75) is 12.8 Å². The van der Waals surface area contributed by atoms with Gasteiger partial charge in [0.2, 0.25) is 5.91 Å². The molecule has 0 aliphatic carbocycles. The van der Waals surface area contributed by atoms with Gasteiger partial charge in [0.25, 0.3) is 0 Å². The highest BCUT2D eigenvalue weighted by atomic mass is 79.9. The van der Waals surface area contributed by atoms with Crippen molar-refractivity contribution in [1.29, 1.82) is 0 Å². The fourth-order valence-electron chi connectivity index (χ4n) is 2.21. The summed E-state index contributed by atoms with van der Waals surface area (Å²) in [6, 6.07) is 18.1. The Balaban J connectivity index is 1.66. The van der Waals surface area contributed by atoms with Crippen molar-refractivity contribution >= 4 is 27.5 Å². The second kappa shape index (κ2) is 8.59. The Labute approximate surface area is 140 Å². The molecule has 0 bridgehead atoms. The number of carbonyl (C=O) groups excluding carboxylic acids is 1. The predicted octanol–water partition coefficient (Wildman–Crippen LogP) is 3.63. The van der Waals surface area contributed by atoms with E-state index in [1.165, 1.54) is 5.69 Å². The van der Waals surface area contributed by atoms with Gasteiger partial charge in [-0.3, -0.25) is 4.79 Å². The number of anilines is 1. The molecule has 2 aromatic carbocycles. The van der Waals surface area contributed by atoms with E-state index in [9.17, 15) is 4.79 Å². The Bertz CT molecular complexity index is 584. The van der Waals surface area contributed by atoms with Crippen molar-refractivity contribution in [2.24, 2.45) is 0 Å². The number of benzene rings is 2. The zero-order chi connectivity index (χ0) is 15.8. The van der Waals surface area contributed by atoms with Crippen molar-refractivity contribution in [3.63, 3.8) is 0 Å². The minimum atomic E-state index is 0.0738. The van der Waals surface area contributed by atoms with Crippen LogP contribution < -0.4 is 10.2 Å². The SMILES string of the molecule is CN(CCCNC(=O)Cc1ccc(Br)cc1)c1ccccc1. The van der Waals surface area contributed by atoms with E-state index in [0.717, 1.165) is 23.0 Å². The molecule has 0 saturated carbocycles. The smallest absolute Gasteiger partial charge is 0.224 e. The summed E-state index contributed by atoms with van der Waals surface area (Å²) in [6.07, 6.45) is 1.36. The molecule has 0 spiro atoms. The molecule has 4 heteroatoms. The van der Waals surface area contributed by atoms with Crippen molar-refractivity contribution in [2.75, 3.05) is 25.0 Å². The van der Waals surface area contributed by atoms with Gasteiger partial charge in [0.05, 0.1) is 6.42 Å². The van der Waals surface area contributed by atoms with Crippen molar-refractivity contribution in [1.82, 2.24) is 5.32 Å². The van der Waals surface area contributed by atoms with E-state index in [2.05, 4.69) is 45.3 Å². The zero-order valence-electron chi connectivity index (χ0n) is 12.8. The molecular weight excluding hydrogens is 340 g/mol. The molecule has 0 fully saturated rings. The number of nitrogens with zero attached hydrogens (tertiary/aromatic N) is 1. The van der Waals surface area contributed by atoms with Crippen LogP contribution in [0.2, 0.25) is 0 Å². The van der Waals surface area contributed by atoms with E-state index in [0.29, 0.717) is 13.0 Å². The third-order valence-corrected chi connectivity index (χ3v) is 4.00.